The van der Waals surface area contributed by atoms with Gasteiger partial charge in [-0.05, 0) is 92.7 Å². The smallest absolute Gasteiger partial charge is 0.387 e. The highest BCUT2D eigenvalue weighted by Gasteiger charge is 2.30. The van der Waals surface area contributed by atoms with Crippen molar-refractivity contribution in [2.24, 2.45) is 17.8 Å². The van der Waals surface area contributed by atoms with Gasteiger partial charge in [-0.1, -0.05) is 24.3 Å². The maximum atomic E-state index is 12.3. The third-order valence-corrected chi connectivity index (χ3v) is 6.50. The molecule has 1 aromatic rings. The molecule has 0 spiro atoms. The summed E-state index contributed by atoms with van der Waals surface area (Å²) in [5.41, 5.74) is 1.27. The van der Waals surface area contributed by atoms with Crippen LogP contribution in [0.2, 0.25) is 0 Å². The maximum absolute atomic E-state index is 12.3. The van der Waals surface area contributed by atoms with Gasteiger partial charge in [-0.25, -0.2) is 0 Å². The van der Waals surface area contributed by atoms with Crippen molar-refractivity contribution in [2.75, 3.05) is 13.7 Å². The number of alkyl halides is 2. The van der Waals surface area contributed by atoms with Crippen LogP contribution in [0, 0.1) is 17.8 Å². The number of methoxy groups -OCH3 is 1. The molecule has 0 N–H and O–H groups in total. The summed E-state index contributed by atoms with van der Waals surface area (Å²) in [6.07, 6.45) is 14.9. The van der Waals surface area contributed by atoms with Crippen LogP contribution in [0.4, 0.5) is 8.78 Å². The normalized spacial score (nSPS) is 29.3. The van der Waals surface area contributed by atoms with Crippen molar-refractivity contribution in [3.63, 3.8) is 0 Å². The van der Waals surface area contributed by atoms with Crippen LogP contribution >= 0.6 is 0 Å². The molecule has 2 saturated carbocycles. The maximum Gasteiger partial charge on any atom is 0.387 e. The molecule has 0 aliphatic heterocycles. The van der Waals surface area contributed by atoms with Crippen molar-refractivity contribution in [2.45, 2.75) is 63.9 Å². The first-order valence-electron chi connectivity index (χ1n) is 10.4. The lowest BCUT2D eigenvalue weighted by atomic mass is 9.68. The van der Waals surface area contributed by atoms with E-state index in [1.165, 1.54) is 56.9 Å². The van der Waals surface area contributed by atoms with Gasteiger partial charge in [0.1, 0.15) is 5.75 Å². The average Bonchev–Trinajstić information content (AvgIpc) is 2.69. The standard InChI is InChI=1S/C23H32F2O2/c1-26-16-2-3-17-4-6-18(7-5-17)19-8-10-20(11-9-19)21-12-14-22(15-13-21)27-23(24)25/h2-3,12-15,17-20,23H,4-11,16H2,1H3. The Kier molecular flexibility index (Phi) is 7.69. The van der Waals surface area contributed by atoms with E-state index >= 15 is 0 Å². The molecule has 0 radical (unpaired) electrons. The molecule has 0 unspecified atom stereocenters. The zero-order chi connectivity index (χ0) is 19.1. The SMILES string of the molecule is COCC=CC1CCC(C2CCC(c3ccc(OC(F)F)cc3)CC2)CC1. The van der Waals surface area contributed by atoms with Gasteiger partial charge < -0.3 is 9.47 Å². The second kappa shape index (κ2) is 10.2. The third-order valence-electron chi connectivity index (χ3n) is 6.50. The molecule has 0 amide bonds. The zero-order valence-corrected chi connectivity index (χ0v) is 16.3. The van der Waals surface area contributed by atoms with Crippen LogP contribution in [0.3, 0.4) is 0 Å². The lowest BCUT2D eigenvalue weighted by Crippen LogP contribution is -2.25. The van der Waals surface area contributed by atoms with Gasteiger partial charge >= 0.3 is 6.61 Å². The van der Waals surface area contributed by atoms with Gasteiger partial charge in [0.25, 0.3) is 0 Å². The van der Waals surface area contributed by atoms with Gasteiger partial charge in [0, 0.05) is 7.11 Å². The molecular weight excluding hydrogens is 346 g/mol. The van der Waals surface area contributed by atoms with E-state index in [1.807, 2.05) is 12.1 Å². The van der Waals surface area contributed by atoms with Crippen molar-refractivity contribution in [3.05, 3.63) is 42.0 Å². The zero-order valence-electron chi connectivity index (χ0n) is 16.3. The van der Waals surface area contributed by atoms with E-state index in [4.69, 9.17) is 4.74 Å². The van der Waals surface area contributed by atoms with Gasteiger partial charge in [-0.3, -0.25) is 0 Å². The first-order chi connectivity index (χ1) is 13.2. The molecule has 0 atom stereocenters. The predicted molar refractivity (Wildman–Crippen MR) is 104 cm³/mol. The second-order valence-electron chi connectivity index (χ2n) is 8.12. The van der Waals surface area contributed by atoms with Crippen LogP contribution in [0.5, 0.6) is 5.75 Å². The molecule has 0 saturated heterocycles. The van der Waals surface area contributed by atoms with Gasteiger partial charge in [-0.2, -0.15) is 8.78 Å². The highest BCUT2D eigenvalue weighted by atomic mass is 19.3. The number of benzene rings is 1. The number of hydrogen-bond donors (Lipinski definition) is 0. The van der Waals surface area contributed by atoms with Gasteiger partial charge in [0.15, 0.2) is 0 Å². The molecule has 150 valence electrons. The predicted octanol–water partition coefficient (Wildman–Crippen LogP) is 6.57. The van der Waals surface area contributed by atoms with Gasteiger partial charge in [0.2, 0.25) is 0 Å². The third kappa shape index (κ3) is 6.03. The summed E-state index contributed by atoms with van der Waals surface area (Å²) in [5.74, 6) is 3.31. The summed E-state index contributed by atoms with van der Waals surface area (Å²) >= 11 is 0. The summed E-state index contributed by atoms with van der Waals surface area (Å²) in [5, 5.41) is 0. The van der Waals surface area contributed by atoms with Crippen molar-refractivity contribution in [3.8, 4) is 5.75 Å². The molecule has 0 bridgehead atoms. The molecule has 2 fully saturated rings. The Morgan fingerprint density at radius 3 is 2.07 bits per heavy atom. The number of halogens is 2. The molecule has 0 aromatic heterocycles. The van der Waals surface area contributed by atoms with Gasteiger partial charge in [0.05, 0.1) is 6.61 Å². The van der Waals surface area contributed by atoms with E-state index in [2.05, 4.69) is 16.9 Å². The van der Waals surface area contributed by atoms with Crippen molar-refractivity contribution < 1.29 is 18.3 Å². The Balaban J connectivity index is 1.43. The molecule has 3 rings (SSSR count). The van der Waals surface area contributed by atoms with Crippen LogP contribution in [-0.4, -0.2) is 20.3 Å². The van der Waals surface area contributed by atoms with Crippen LogP contribution in [-0.2, 0) is 4.74 Å². The van der Waals surface area contributed by atoms with Gasteiger partial charge in [-0.15, -0.1) is 0 Å². The molecule has 2 nitrogen and oxygen atoms in total. The fourth-order valence-corrected chi connectivity index (χ4v) is 5.00. The van der Waals surface area contributed by atoms with E-state index in [1.54, 1.807) is 19.2 Å². The minimum atomic E-state index is -2.75. The minimum Gasteiger partial charge on any atom is -0.435 e. The summed E-state index contributed by atoms with van der Waals surface area (Å²) in [6.45, 7) is -2.03. The van der Waals surface area contributed by atoms with Crippen LogP contribution in [0.15, 0.2) is 36.4 Å². The summed E-state index contributed by atoms with van der Waals surface area (Å²) < 4.78 is 34.1. The van der Waals surface area contributed by atoms with Crippen LogP contribution in [0.25, 0.3) is 0 Å². The van der Waals surface area contributed by atoms with E-state index in [0.29, 0.717) is 5.92 Å². The Hall–Kier alpha value is -1.42. The largest absolute Gasteiger partial charge is 0.435 e. The molecule has 27 heavy (non-hydrogen) atoms. The molecule has 4 heteroatoms. The van der Waals surface area contributed by atoms with Crippen LogP contribution < -0.4 is 4.74 Å². The average molecular weight is 379 g/mol. The second-order valence-corrected chi connectivity index (χ2v) is 8.12. The summed E-state index contributed by atoms with van der Waals surface area (Å²) in [6, 6.07) is 7.26. The fraction of sp³-hybridized carbons (Fsp3) is 0.652. The summed E-state index contributed by atoms with van der Waals surface area (Å²) in [4.78, 5) is 0. The lowest BCUT2D eigenvalue weighted by Gasteiger charge is -2.37. The Morgan fingerprint density at radius 2 is 1.52 bits per heavy atom. The molecule has 0 heterocycles. The number of hydrogen-bond acceptors (Lipinski definition) is 2. The topological polar surface area (TPSA) is 18.5 Å². The molecule has 2 aliphatic rings. The Labute approximate surface area is 161 Å². The first-order valence-corrected chi connectivity index (χ1v) is 10.4. The van der Waals surface area contributed by atoms with E-state index in [-0.39, 0.29) is 5.75 Å². The molecule has 1 aromatic carbocycles. The Morgan fingerprint density at radius 1 is 0.926 bits per heavy atom. The molecule has 2 aliphatic carbocycles. The monoisotopic (exact) mass is 378 g/mol. The Bertz CT molecular complexity index is 569. The summed E-state index contributed by atoms with van der Waals surface area (Å²) in [7, 11) is 1.74. The van der Waals surface area contributed by atoms with Crippen LogP contribution in [0.1, 0.15) is 62.8 Å². The van der Waals surface area contributed by atoms with E-state index in [0.717, 1.165) is 24.4 Å². The first kappa shape index (κ1) is 20.3. The quantitative estimate of drug-likeness (QED) is 0.500. The number of allylic oxidation sites excluding steroid dienone is 1. The minimum absolute atomic E-state index is 0.249. The lowest BCUT2D eigenvalue weighted by molar-refractivity contribution is -0.0498. The van der Waals surface area contributed by atoms with E-state index < -0.39 is 6.61 Å². The van der Waals surface area contributed by atoms with E-state index in [9.17, 15) is 8.78 Å². The van der Waals surface area contributed by atoms with Crippen molar-refractivity contribution >= 4 is 0 Å². The van der Waals surface area contributed by atoms with Crippen molar-refractivity contribution in [1.29, 1.82) is 0 Å². The number of ether oxygens (including phenoxy) is 2. The van der Waals surface area contributed by atoms with Crippen molar-refractivity contribution in [1.82, 2.24) is 0 Å². The highest BCUT2D eigenvalue weighted by Crippen LogP contribution is 2.44. The molecular formula is C23H32F2O2. The fourth-order valence-electron chi connectivity index (χ4n) is 5.00. The highest BCUT2D eigenvalue weighted by molar-refractivity contribution is 5.29. The number of rotatable bonds is 7.